The zero-order chi connectivity index (χ0) is 23.2. The molecule has 3 heterocycles. The quantitative estimate of drug-likeness (QED) is 0.402. The van der Waals surface area contributed by atoms with Gasteiger partial charge >= 0.3 is 6.03 Å². The van der Waals surface area contributed by atoms with E-state index in [0.717, 1.165) is 37.2 Å². The monoisotopic (exact) mass is 432 g/mol. The average Bonchev–Trinajstić information content (AvgIpc) is 3.12. The highest BCUT2D eigenvalue weighted by molar-refractivity contribution is 5.88. The highest BCUT2D eigenvalue weighted by atomic mass is 16.2. The number of nitrogens with two attached hydrogens (primary N) is 1. The molecule has 174 valence electrons. The van der Waals surface area contributed by atoms with Gasteiger partial charge in [0.2, 0.25) is 0 Å². The summed E-state index contributed by atoms with van der Waals surface area (Å²) < 4.78 is 0. The Bertz CT molecular complexity index is 730. The summed E-state index contributed by atoms with van der Waals surface area (Å²) in [6.07, 6.45) is 4.53. The number of carbonyl (C=O) groups excluding carboxylic acids is 1. The lowest BCUT2D eigenvalue weighted by Gasteiger charge is -2.30. The molecule has 0 saturated carbocycles. The van der Waals surface area contributed by atoms with E-state index in [0.29, 0.717) is 30.6 Å². The Balaban J connectivity index is 0.00000113. The van der Waals surface area contributed by atoms with E-state index in [1.54, 1.807) is 11.1 Å². The minimum Gasteiger partial charge on any atom is -0.384 e. The van der Waals surface area contributed by atoms with Crippen LogP contribution in [0.15, 0.2) is 34.8 Å². The average molecular weight is 433 g/mol. The summed E-state index contributed by atoms with van der Waals surface area (Å²) in [5, 5.41) is 12.3. The molecular weight excluding hydrogens is 392 g/mol. The molecule has 2 aliphatic rings. The lowest BCUT2D eigenvalue weighted by atomic mass is 10.2. The summed E-state index contributed by atoms with van der Waals surface area (Å²) >= 11 is 0. The molecule has 1 unspecified atom stereocenters. The van der Waals surface area contributed by atoms with E-state index in [1.807, 2.05) is 39.8 Å². The highest BCUT2D eigenvalue weighted by Crippen LogP contribution is 2.21. The lowest BCUT2D eigenvalue weighted by Crippen LogP contribution is -2.55. The summed E-state index contributed by atoms with van der Waals surface area (Å²) in [7, 11) is 0. The third-order valence-corrected chi connectivity index (χ3v) is 4.42. The van der Waals surface area contributed by atoms with E-state index < -0.39 is 0 Å². The molecule has 1 aromatic heterocycles. The molecule has 31 heavy (non-hydrogen) atoms. The number of anilines is 1. The number of nitrogens with zero attached hydrogens (tertiary/aromatic N) is 3. The number of unbranched alkanes of at least 4 members (excludes halogenated alkanes) is 1. The van der Waals surface area contributed by atoms with Crippen LogP contribution in [0, 0.1) is 0 Å². The van der Waals surface area contributed by atoms with Crippen molar-refractivity contribution < 1.29 is 4.79 Å². The maximum Gasteiger partial charge on any atom is 0.324 e. The number of aromatic nitrogens is 1. The van der Waals surface area contributed by atoms with E-state index >= 15 is 0 Å². The van der Waals surface area contributed by atoms with Crippen LogP contribution in [0.1, 0.15) is 66.4 Å². The molecule has 9 heteroatoms. The molecule has 1 fully saturated rings. The van der Waals surface area contributed by atoms with Gasteiger partial charge in [0.05, 0.1) is 6.54 Å². The van der Waals surface area contributed by atoms with Crippen LogP contribution in [0.25, 0.3) is 0 Å². The molecule has 1 saturated heterocycles. The maximum absolute atomic E-state index is 12.5. The summed E-state index contributed by atoms with van der Waals surface area (Å²) in [4.78, 5) is 23.0. The molecule has 2 amide bonds. The minimum atomic E-state index is -0.364. The number of guanidine groups is 1. The normalized spacial score (nSPS) is 18.0. The lowest BCUT2D eigenvalue weighted by molar-refractivity contribution is 0.198. The van der Waals surface area contributed by atoms with Crippen LogP contribution in [0.3, 0.4) is 0 Å². The Kier molecular flexibility index (Phi) is 11.9. The minimum absolute atomic E-state index is 0.199. The van der Waals surface area contributed by atoms with Crippen molar-refractivity contribution in [3.63, 3.8) is 0 Å². The van der Waals surface area contributed by atoms with Crippen molar-refractivity contribution in [1.82, 2.24) is 25.8 Å². The summed E-state index contributed by atoms with van der Waals surface area (Å²) in [6.45, 7) is 14.2. The van der Waals surface area contributed by atoms with Crippen LogP contribution in [0.2, 0.25) is 0 Å². The third-order valence-electron chi connectivity index (χ3n) is 4.42. The van der Waals surface area contributed by atoms with E-state index in [4.69, 9.17) is 5.73 Å². The van der Waals surface area contributed by atoms with Crippen LogP contribution in [-0.2, 0) is 6.54 Å². The number of urea groups is 1. The van der Waals surface area contributed by atoms with Crippen LogP contribution < -0.4 is 27.0 Å². The Morgan fingerprint density at radius 3 is 2.52 bits per heavy atom. The van der Waals surface area contributed by atoms with Crippen LogP contribution >= 0.6 is 0 Å². The zero-order valence-corrected chi connectivity index (χ0v) is 19.9. The second-order valence-electron chi connectivity index (χ2n) is 6.62. The van der Waals surface area contributed by atoms with Crippen molar-refractivity contribution in [1.29, 1.82) is 0 Å². The Morgan fingerprint density at radius 2 is 1.90 bits per heavy atom. The first-order valence-corrected chi connectivity index (χ1v) is 11.5. The van der Waals surface area contributed by atoms with Gasteiger partial charge in [0.1, 0.15) is 17.3 Å². The molecule has 0 spiro atoms. The molecule has 0 aliphatic carbocycles. The van der Waals surface area contributed by atoms with Gasteiger partial charge in [-0.25, -0.2) is 9.78 Å². The SMILES string of the molecule is CC.CC.CCCCN=C1NC(N)=C2NC(=O)N(Cc3ccc(NCCC)nc3)C2N1. The van der Waals surface area contributed by atoms with Crippen molar-refractivity contribution in [2.45, 2.75) is 73.5 Å². The van der Waals surface area contributed by atoms with E-state index in [9.17, 15) is 4.79 Å². The second kappa shape index (κ2) is 14.1. The molecule has 0 radical (unpaired) electrons. The van der Waals surface area contributed by atoms with Crippen LogP contribution in [-0.4, -0.2) is 41.1 Å². The van der Waals surface area contributed by atoms with Gasteiger partial charge in [-0.05, 0) is 24.5 Å². The van der Waals surface area contributed by atoms with Gasteiger partial charge in [0.15, 0.2) is 12.1 Å². The number of fused-ring (bicyclic) bond motifs is 1. The molecule has 0 aromatic carbocycles. The van der Waals surface area contributed by atoms with Gasteiger partial charge in [0.25, 0.3) is 0 Å². The van der Waals surface area contributed by atoms with Crippen LogP contribution in [0.4, 0.5) is 10.6 Å². The van der Waals surface area contributed by atoms with Crippen molar-refractivity contribution >= 4 is 17.8 Å². The topological polar surface area (TPSA) is 120 Å². The number of aliphatic imine (C=N–C) groups is 1. The molecule has 0 bridgehead atoms. The largest absolute Gasteiger partial charge is 0.384 e. The first-order valence-electron chi connectivity index (χ1n) is 11.5. The standard InChI is InChI=1S/C18H28N8O.2C2H6/c1-3-5-9-21-17-24-15(19)14-16(25-17)26(18(27)23-14)11-12-6-7-13(22-10-12)20-8-4-2;2*1-2/h6-7,10,16H,3-5,8-9,11,19H2,1-2H3,(H,20,22)(H,23,27)(H2,21,24,25);2*1-2H3. The first-order chi connectivity index (χ1) is 15.1. The smallest absolute Gasteiger partial charge is 0.324 e. The van der Waals surface area contributed by atoms with Gasteiger partial charge < -0.3 is 27.0 Å². The number of pyridine rings is 1. The van der Waals surface area contributed by atoms with Gasteiger partial charge in [-0.15, -0.1) is 0 Å². The fraction of sp³-hybridized carbons (Fsp3) is 0.591. The number of carbonyl (C=O) groups is 1. The number of amides is 2. The Hall–Kier alpha value is -2.97. The highest BCUT2D eigenvalue weighted by Gasteiger charge is 2.40. The number of hydrogen-bond acceptors (Lipinski definition) is 5. The predicted octanol–water partition coefficient (Wildman–Crippen LogP) is 3.28. The van der Waals surface area contributed by atoms with Crippen molar-refractivity contribution in [3.05, 3.63) is 35.4 Å². The van der Waals surface area contributed by atoms with Gasteiger partial charge in [-0.3, -0.25) is 9.89 Å². The predicted molar refractivity (Wildman–Crippen MR) is 128 cm³/mol. The number of hydrogen-bond donors (Lipinski definition) is 5. The second-order valence-corrected chi connectivity index (χ2v) is 6.62. The molecule has 1 atom stereocenters. The van der Waals surface area contributed by atoms with Gasteiger partial charge in [-0.1, -0.05) is 54.0 Å². The van der Waals surface area contributed by atoms with Crippen LogP contribution in [0.5, 0.6) is 0 Å². The first kappa shape index (κ1) is 26.1. The molecular formula is C22H40N8O. The summed E-state index contributed by atoms with van der Waals surface area (Å²) in [5.74, 6) is 1.84. The third kappa shape index (κ3) is 7.34. The Morgan fingerprint density at radius 1 is 1.16 bits per heavy atom. The molecule has 6 N–H and O–H groups in total. The van der Waals surface area contributed by atoms with Crippen molar-refractivity contribution in [3.8, 4) is 0 Å². The van der Waals surface area contributed by atoms with Gasteiger partial charge in [0, 0.05) is 19.3 Å². The zero-order valence-electron chi connectivity index (χ0n) is 19.9. The molecule has 9 nitrogen and oxygen atoms in total. The molecule has 3 rings (SSSR count). The Labute approximate surface area is 187 Å². The van der Waals surface area contributed by atoms with Crippen molar-refractivity contribution in [2.75, 3.05) is 18.4 Å². The molecule has 2 aliphatic heterocycles. The number of rotatable bonds is 8. The summed E-state index contributed by atoms with van der Waals surface area (Å²) in [6, 6.07) is 3.70. The van der Waals surface area contributed by atoms with E-state index in [1.165, 1.54) is 0 Å². The number of nitrogens with one attached hydrogen (secondary N) is 4. The molecule has 1 aromatic rings. The summed E-state index contributed by atoms with van der Waals surface area (Å²) in [5.41, 5.74) is 7.65. The maximum atomic E-state index is 12.5. The van der Waals surface area contributed by atoms with E-state index in [-0.39, 0.29) is 12.2 Å². The van der Waals surface area contributed by atoms with E-state index in [2.05, 4.69) is 45.1 Å². The van der Waals surface area contributed by atoms with Crippen molar-refractivity contribution in [2.24, 2.45) is 10.7 Å². The van der Waals surface area contributed by atoms with Gasteiger partial charge in [-0.2, -0.15) is 0 Å². The fourth-order valence-corrected chi connectivity index (χ4v) is 2.92. The fourth-order valence-electron chi connectivity index (χ4n) is 2.92.